The molecule has 0 aliphatic rings. The van der Waals surface area contributed by atoms with Crippen molar-refractivity contribution in [1.82, 2.24) is 0 Å². The maximum atomic E-state index is 12.7. The summed E-state index contributed by atoms with van der Waals surface area (Å²) in [7, 11) is -4.90. The van der Waals surface area contributed by atoms with Gasteiger partial charge in [0.1, 0.15) is 5.75 Å². The molecule has 35 heavy (non-hydrogen) atoms. The fourth-order valence-electron chi connectivity index (χ4n) is 4.13. The van der Waals surface area contributed by atoms with E-state index in [1.807, 2.05) is 0 Å². The summed E-state index contributed by atoms with van der Waals surface area (Å²) in [4.78, 5) is 11.6. The van der Waals surface area contributed by atoms with Crippen LogP contribution < -0.4 is 0 Å². The smallest absolute Gasteiger partial charge is 0.426 e. The van der Waals surface area contributed by atoms with Gasteiger partial charge in [0.25, 0.3) is 10.1 Å². The number of alkyl halides is 3. The van der Waals surface area contributed by atoms with Gasteiger partial charge in [0, 0.05) is 6.42 Å². The first-order valence-corrected chi connectivity index (χ1v) is 15.4. The van der Waals surface area contributed by atoms with Crippen molar-refractivity contribution in [3.63, 3.8) is 0 Å². The van der Waals surface area contributed by atoms with Gasteiger partial charge in [-0.3, -0.25) is 9.35 Å². The van der Waals surface area contributed by atoms with Crippen molar-refractivity contribution in [3.8, 4) is 0 Å². The van der Waals surface area contributed by atoms with Gasteiger partial charge >= 0.3 is 12.1 Å². The van der Waals surface area contributed by atoms with Gasteiger partial charge in [0.2, 0.25) is 6.10 Å². The zero-order valence-corrected chi connectivity index (χ0v) is 22.6. The molecule has 0 aliphatic heterocycles. The zero-order valence-electron chi connectivity index (χ0n) is 21.8. The number of hydrogen-bond donors (Lipinski definition) is 1. The summed E-state index contributed by atoms with van der Waals surface area (Å²) < 4.78 is 72.4. The minimum absolute atomic E-state index is 0.197. The number of unbranched alkanes of at least 4 members (excludes halogenated alkanes) is 19. The van der Waals surface area contributed by atoms with Gasteiger partial charge in [-0.15, -0.1) is 0 Å². The van der Waals surface area contributed by atoms with Crippen LogP contribution in [0.2, 0.25) is 0 Å². The predicted octanol–water partition coefficient (Wildman–Crippen LogP) is 8.56. The third-order valence-electron chi connectivity index (χ3n) is 6.24. The van der Waals surface area contributed by atoms with E-state index in [0.717, 1.165) is 19.3 Å². The van der Waals surface area contributed by atoms with E-state index in [2.05, 4.69) is 11.7 Å². The summed E-state index contributed by atoms with van der Waals surface area (Å²) in [5, 5.41) is 0. The van der Waals surface area contributed by atoms with Crippen LogP contribution in [0, 0.1) is 0 Å². The monoisotopic (exact) mass is 530 g/mol. The van der Waals surface area contributed by atoms with E-state index < -0.39 is 34.1 Å². The molecule has 5 nitrogen and oxygen atoms in total. The van der Waals surface area contributed by atoms with Gasteiger partial charge in [0.05, 0.1) is 0 Å². The molecule has 0 heterocycles. The molecule has 0 radical (unpaired) electrons. The molecule has 0 saturated heterocycles. The van der Waals surface area contributed by atoms with E-state index in [0.29, 0.717) is 12.8 Å². The van der Waals surface area contributed by atoms with Gasteiger partial charge < -0.3 is 4.74 Å². The first kappa shape index (κ1) is 34.2. The van der Waals surface area contributed by atoms with Crippen LogP contribution in [0.15, 0.2) is 0 Å². The Morgan fingerprint density at radius 2 is 1.00 bits per heavy atom. The molecule has 210 valence electrons. The minimum atomic E-state index is -5.04. The molecule has 1 unspecified atom stereocenters. The molecule has 1 N–H and O–H groups in total. The number of carbonyl (C=O) groups excluding carboxylic acids is 1. The van der Waals surface area contributed by atoms with Gasteiger partial charge in [0.15, 0.2) is 0 Å². The van der Waals surface area contributed by atoms with E-state index in [4.69, 9.17) is 4.55 Å². The molecular weight excluding hydrogens is 481 g/mol. The SMILES string of the molecule is CCCCCCCCCCCCCCCCCCCCCCC(=O)OC(CS(=O)(=O)O)C(F)(F)F. The number of rotatable bonds is 24. The van der Waals surface area contributed by atoms with Crippen LogP contribution in [-0.2, 0) is 19.6 Å². The molecule has 0 rings (SSSR count). The maximum Gasteiger partial charge on any atom is 0.426 e. The molecule has 0 fully saturated rings. The van der Waals surface area contributed by atoms with Crippen LogP contribution in [0.5, 0.6) is 0 Å². The Morgan fingerprint density at radius 3 is 1.29 bits per heavy atom. The maximum absolute atomic E-state index is 12.7. The zero-order chi connectivity index (χ0) is 26.4. The summed E-state index contributed by atoms with van der Waals surface area (Å²) in [5.41, 5.74) is 0. The third-order valence-corrected chi connectivity index (χ3v) is 6.96. The quantitative estimate of drug-likeness (QED) is 0.0768. The Labute approximate surface area is 211 Å². The molecule has 9 heteroatoms. The number of carbonyl (C=O) groups is 1. The minimum Gasteiger partial charge on any atom is -0.451 e. The van der Waals surface area contributed by atoms with Gasteiger partial charge in [-0.2, -0.15) is 21.6 Å². The molecule has 0 aliphatic carbocycles. The summed E-state index contributed by atoms with van der Waals surface area (Å²) in [5.74, 6) is -2.78. The Balaban J connectivity index is 3.47. The first-order valence-electron chi connectivity index (χ1n) is 13.8. The second kappa shape index (κ2) is 21.3. The lowest BCUT2D eigenvalue weighted by Crippen LogP contribution is -2.39. The van der Waals surface area contributed by atoms with Crippen LogP contribution in [0.4, 0.5) is 13.2 Å². The van der Waals surface area contributed by atoms with Crippen molar-refractivity contribution in [3.05, 3.63) is 0 Å². The highest BCUT2D eigenvalue weighted by Crippen LogP contribution is 2.25. The van der Waals surface area contributed by atoms with Crippen LogP contribution in [0.3, 0.4) is 0 Å². The number of esters is 1. The van der Waals surface area contributed by atoms with Gasteiger partial charge in [-0.05, 0) is 6.42 Å². The first-order chi connectivity index (χ1) is 16.6. The summed E-state index contributed by atoms with van der Waals surface area (Å²) >= 11 is 0. The van der Waals surface area contributed by atoms with E-state index in [9.17, 15) is 26.4 Å². The highest BCUT2D eigenvalue weighted by molar-refractivity contribution is 7.85. The van der Waals surface area contributed by atoms with Crippen LogP contribution >= 0.6 is 0 Å². The normalized spacial score (nSPS) is 13.2. The summed E-state index contributed by atoms with van der Waals surface area (Å²) in [6.45, 7) is 2.25. The summed E-state index contributed by atoms with van der Waals surface area (Å²) in [6, 6.07) is 0. The molecule has 0 spiro atoms. The molecule has 0 aromatic carbocycles. The fraction of sp³-hybridized carbons (Fsp3) is 0.962. The van der Waals surface area contributed by atoms with Crippen molar-refractivity contribution in [2.75, 3.05) is 5.75 Å². The highest BCUT2D eigenvalue weighted by Gasteiger charge is 2.45. The predicted molar refractivity (Wildman–Crippen MR) is 135 cm³/mol. The Hall–Kier alpha value is -0.830. The molecule has 0 bridgehead atoms. The van der Waals surface area contributed by atoms with E-state index in [-0.39, 0.29) is 6.42 Å². The van der Waals surface area contributed by atoms with Crippen molar-refractivity contribution < 1.29 is 35.7 Å². The molecule has 0 saturated carbocycles. The lowest BCUT2D eigenvalue weighted by atomic mass is 10.0. The standard InChI is InChI=1S/C26H49F3O5S/c1-2-3-4-5-6-7-8-9-10-11-12-13-14-15-16-17-18-19-20-21-22-25(30)34-24(26(27,28)29)23-35(31,32)33/h24H,2-23H2,1H3,(H,31,32,33). The van der Waals surface area contributed by atoms with Crippen LogP contribution in [0.25, 0.3) is 0 Å². The average Bonchev–Trinajstić information content (AvgIpc) is 2.75. The average molecular weight is 531 g/mol. The van der Waals surface area contributed by atoms with Gasteiger partial charge in [-0.1, -0.05) is 129 Å². The lowest BCUT2D eigenvalue weighted by Gasteiger charge is -2.19. The second-order valence-corrected chi connectivity index (χ2v) is 11.2. The molecule has 1 atom stereocenters. The van der Waals surface area contributed by atoms with Crippen molar-refractivity contribution in [2.45, 2.75) is 154 Å². The van der Waals surface area contributed by atoms with Crippen molar-refractivity contribution in [2.24, 2.45) is 0 Å². The van der Waals surface area contributed by atoms with E-state index in [1.165, 1.54) is 96.3 Å². The second-order valence-electron chi connectivity index (χ2n) is 9.74. The third kappa shape index (κ3) is 24.6. The topological polar surface area (TPSA) is 80.7 Å². The molecule has 0 aromatic rings. The molecular formula is C26H49F3O5S. The molecule has 0 amide bonds. The van der Waals surface area contributed by atoms with Crippen molar-refractivity contribution in [1.29, 1.82) is 0 Å². The van der Waals surface area contributed by atoms with E-state index in [1.54, 1.807) is 0 Å². The number of ether oxygens (including phenoxy) is 1. The van der Waals surface area contributed by atoms with E-state index >= 15 is 0 Å². The Kier molecular flexibility index (Phi) is 20.8. The molecule has 0 aromatic heterocycles. The van der Waals surface area contributed by atoms with Crippen LogP contribution in [-0.4, -0.2) is 37.0 Å². The fourth-order valence-corrected chi connectivity index (χ4v) is 4.77. The van der Waals surface area contributed by atoms with Crippen LogP contribution in [0.1, 0.15) is 142 Å². The largest absolute Gasteiger partial charge is 0.451 e. The van der Waals surface area contributed by atoms with Crippen molar-refractivity contribution >= 4 is 16.1 Å². The summed E-state index contributed by atoms with van der Waals surface area (Å²) in [6.07, 6.45) is 16.1. The highest BCUT2D eigenvalue weighted by atomic mass is 32.2. The Morgan fingerprint density at radius 1 is 0.686 bits per heavy atom. The Bertz CT molecular complexity index is 609. The lowest BCUT2D eigenvalue weighted by molar-refractivity contribution is -0.215. The van der Waals surface area contributed by atoms with Gasteiger partial charge in [-0.25, -0.2) is 0 Å². The number of halogens is 3. The number of hydrogen-bond acceptors (Lipinski definition) is 4.